The number of nitriles is 1. The summed E-state index contributed by atoms with van der Waals surface area (Å²) in [6.07, 6.45) is 2.84. The summed E-state index contributed by atoms with van der Waals surface area (Å²) < 4.78 is 12.0. The number of hydrogen-bond donors (Lipinski definition) is 4. The van der Waals surface area contributed by atoms with Gasteiger partial charge in [-0.25, -0.2) is 9.50 Å². The number of aliphatic hydroxyl groups excluding tert-OH is 2. The second kappa shape index (κ2) is 10.0. The molecule has 182 valence electrons. The molecule has 1 saturated heterocycles. The zero-order chi connectivity index (χ0) is 24.3. The highest BCUT2D eigenvalue weighted by Crippen LogP contribution is 2.40. The van der Waals surface area contributed by atoms with Crippen molar-refractivity contribution in [3.8, 4) is 6.07 Å². The van der Waals surface area contributed by atoms with Gasteiger partial charge in [-0.3, -0.25) is 9.59 Å². The van der Waals surface area contributed by atoms with Crippen LogP contribution in [0.2, 0.25) is 0 Å². The Hall–Kier alpha value is -3.11. The van der Waals surface area contributed by atoms with Crippen LogP contribution in [-0.2, 0) is 24.7 Å². The van der Waals surface area contributed by atoms with Crippen LogP contribution >= 0.6 is 0 Å². The zero-order valence-electron chi connectivity index (χ0n) is 18.6. The number of esters is 1. The van der Waals surface area contributed by atoms with Gasteiger partial charge < -0.3 is 30.7 Å². The normalized spacial score (nSPS) is 27.4. The highest BCUT2D eigenvalue weighted by atomic mass is 16.6. The maximum Gasteiger partial charge on any atom is 0.319 e. The molecule has 0 bridgehead atoms. The molecule has 3 heterocycles. The predicted molar refractivity (Wildman–Crippen MR) is 117 cm³/mol. The van der Waals surface area contributed by atoms with Crippen LogP contribution in [0.1, 0.15) is 44.2 Å². The van der Waals surface area contributed by atoms with Crippen LogP contribution in [0.4, 0.5) is 5.82 Å². The average molecular weight is 473 g/mol. The fraction of sp³-hybridized carbons (Fsp3) is 0.591. The molecule has 12 heteroatoms. The number of nitrogens with zero attached hydrogens (tertiary/aromatic N) is 4. The van der Waals surface area contributed by atoms with Crippen LogP contribution in [0.15, 0.2) is 18.5 Å². The molecule has 1 aliphatic heterocycles. The number of fused-ring (bicyclic) bond motifs is 1. The standard InChI is InChI=1S/C22H28N6O6/c23-9-18(30)33-10-15-19(31)20(32)22(11-24,34-15)16-7-6-14-21(25-12-26-28(14)16)27-17(29)8-13-4-2-1-3-5-13/h6-7,12-13,15,19-20,31-32H,1-5,8-10,23H2,(H,25,26,27,29)/t15-,19-,20-,22+/m1/s1. The first-order valence-corrected chi connectivity index (χ1v) is 11.3. The summed E-state index contributed by atoms with van der Waals surface area (Å²) in [5.41, 5.74) is 3.74. The van der Waals surface area contributed by atoms with E-state index in [1.165, 1.54) is 23.3 Å². The third-order valence-electron chi connectivity index (χ3n) is 6.49. The van der Waals surface area contributed by atoms with Crippen LogP contribution < -0.4 is 11.1 Å². The minimum Gasteiger partial charge on any atom is -0.462 e. The Morgan fingerprint density at radius 3 is 2.79 bits per heavy atom. The summed E-state index contributed by atoms with van der Waals surface area (Å²) in [6, 6.07) is 5.03. The Morgan fingerprint density at radius 2 is 2.09 bits per heavy atom. The molecule has 0 unspecified atom stereocenters. The summed E-state index contributed by atoms with van der Waals surface area (Å²) in [6.45, 7) is -0.747. The quantitative estimate of drug-likeness (QED) is 0.399. The number of amides is 1. The van der Waals surface area contributed by atoms with E-state index in [0.29, 0.717) is 17.9 Å². The molecule has 4 atom stereocenters. The number of carbonyl (C=O) groups excluding carboxylic acids is 2. The summed E-state index contributed by atoms with van der Waals surface area (Å²) in [7, 11) is 0. The minimum absolute atomic E-state index is 0.134. The lowest BCUT2D eigenvalue weighted by atomic mass is 9.87. The molecule has 1 saturated carbocycles. The van der Waals surface area contributed by atoms with Gasteiger partial charge in [-0.1, -0.05) is 19.3 Å². The fourth-order valence-electron chi connectivity index (χ4n) is 4.70. The molecule has 0 spiro atoms. The number of rotatable bonds is 7. The largest absolute Gasteiger partial charge is 0.462 e. The zero-order valence-corrected chi connectivity index (χ0v) is 18.6. The first kappa shape index (κ1) is 24.0. The van der Waals surface area contributed by atoms with Crippen molar-refractivity contribution >= 4 is 23.2 Å². The molecule has 5 N–H and O–H groups in total. The number of aromatic nitrogens is 3. The van der Waals surface area contributed by atoms with Gasteiger partial charge in [0.15, 0.2) is 5.82 Å². The average Bonchev–Trinajstić information content (AvgIpc) is 3.39. The van der Waals surface area contributed by atoms with Crippen molar-refractivity contribution < 1.29 is 29.3 Å². The molecule has 0 aromatic carbocycles. The van der Waals surface area contributed by atoms with E-state index < -0.39 is 36.5 Å². The Balaban J connectivity index is 1.57. The number of ether oxygens (including phenoxy) is 2. The summed E-state index contributed by atoms with van der Waals surface area (Å²) >= 11 is 0. The molecule has 0 radical (unpaired) electrons. The molecule has 34 heavy (non-hydrogen) atoms. The highest BCUT2D eigenvalue weighted by molar-refractivity contribution is 5.93. The van der Waals surface area contributed by atoms with Crippen molar-refractivity contribution in [2.24, 2.45) is 11.7 Å². The first-order valence-electron chi connectivity index (χ1n) is 11.3. The molecule has 1 amide bonds. The second-order valence-electron chi connectivity index (χ2n) is 8.71. The maximum absolute atomic E-state index is 12.6. The highest BCUT2D eigenvalue weighted by Gasteiger charge is 2.57. The minimum atomic E-state index is -2.00. The predicted octanol–water partition coefficient (Wildman–Crippen LogP) is -0.0204. The van der Waals surface area contributed by atoms with Crippen LogP contribution in [0.3, 0.4) is 0 Å². The fourth-order valence-corrected chi connectivity index (χ4v) is 4.70. The van der Waals surface area contributed by atoms with Gasteiger partial charge in [0.05, 0.1) is 12.2 Å². The number of nitrogens with one attached hydrogen (secondary N) is 1. The number of nitrogens with two attached hydrogens (primary N) is 1. The number of hydrogen-bond acceptors (Lipinski definition) is 10. The van der Waals surface area contributed by atoms with E-state index in [1.807, 2.05) is 6.07 Å². The Kier molecular flexibility index (Phi) is 7.08. The van der Waals surface area contributed by atoms with E-state index in [9.17, 15) is 25.1 Å². The van der Waals surface area contributed by atoms with Crippen molar-refractivity contribution in [3.05, 3.63) is 24.2 Å². The Bertz CT molecular complexity index is 1090. The van der Waals surface area contributed by atoms with E-state index >= 15 is 0 Å². The number of anilines is 1. The van der Waals surface area contributed by atoms with Gasteiger partial charge in [0.25, 0.3) is 0 Å². The maximum atomic E-state index is 12.6. The van der Waals surface area contributed by atoms with E-state index in [2.05, 4.69) is 15.4 Å². The van der Waals surface area contributed by atoms with Crippen LogP contribution in [-0.4, -0.2) is 68.2 Å². The van der Waals surface area contributed by atoms with Gasteiger partial charge in [0.2, 0.25) is 11.5 Å². The van der Waals surface area contributed by atoms with E-state index in [-0.39, 0.29) is 24.0 Å². The van der Waals surface area contributed by atoms with Gasteiger partial charge in [-0.15, -0.1) is 0 Å². The summed E-state index contributed by atoms with van der Waals surface area (Å²) in [4.78, 5) is 28.2. The topological polar surface area (TPSA) is 185 Å². The lowest BCUT2D eigenvalue weighted by molar-refractivity contribution is -0.148. The van der Waals surface area contributed by atoms with Crippen molar-refractivity contribution in [1.29, 1.82) is 5.26 Å². The van der Waals surface area contributed by atoms with Crippen molar-refractivity contribution in [2.45, 2.75) is 62.4 Å². The summed E-state index contributed by atoms with van der Waals surface area (Å²) in [5.74, 6) is -0.255. The van der Waals surface area contributed by atoms with E-state index in [0.717, 1.165) is 25.7 Å². The second-order valence-corrected chi connectivity index (χ2v) is 8.71. The van der Waals surface area contributed by atoms with Gasteiger partial charge >= 0.3 is 5.97 Å². The SMILES string of the molecule is N#C[C@@]1(c2ccc3c(NC(=O)CC4CCCCC4)ncnn23)O[C@H](COC(=O)CN)[C@@H](O)[C@H]1O. The van der Waals surface area contributed by atoms with Crippen molar-refractivity contribution in [2.75, 3.05) is 18.5 Å². The smallest absolute Gasteiger partial charge is 0.319 e. The van der Waals surface area contributed by atoms with E-state index in [4.69, 9.17) is 15.2 Å². The Morgan fingerprint density at radius 1 is 1.32 bits per heavy atom. The monoisotopic (exact) mass is 472 g/mol. The van der Waals surface area contributed by atoms with Crippen LogP contribution in [0, 0.1) is 17.2 Å². The first-order chi connectivity index (χ1) is 16.4. The summed E-state index contributed by atoms with van der Waals surface area (Å²) in [5, 5.41) is 38.2. The van der Waals surface area contributed by atoms with Gasteiger partial charge in [0, 0.05) is 6.42 Å². The van der Waals surface area contributed by atoms with Crippen molar-refractivity contribution in [1.82, 2.24) is 14.6 Å². The van der Waals surface area contributed by atoms with Gasteiger partial charge in [-0.2, -0.15) is 10.4 Å². The Labute approximate surface area is 195 Å². The molecule has 4 rings (SSSR count). The molecule has 12 nitrogen and oxygen atoms in total. The molecule has 2 aromatic heterocycles. The molecular formula is C22H28N6O6. The van der Waals surface area contributed by atoms with Crippen molar-refractivity contribution in [3.63, 3.8) is 0 Å². The van der Waals surface area contributed by atoms with Gasteiger partial charge in [-0.05, 0) is 30.9 Å². The van der Waals surface area contributed by atoms with E-state index in [1.54, 1.807) is 6.07 Å². The van der Waals surface area contributed by atoms with Crippen LogP contribution in [0.5, 0.6) is 0 Å². The molecule has 2 aromatic rings. The number of carbonyl (C=O) groups is 2. The number of aliphatic hydroxyl groups is 2. The third-order valence-corrected chi connectivity index (χ3v) is 6.49. The lowest BCUT2D eigenvalue weighted by Crippen LogP contribution is -2.41. The molecule has 1 aliphatic carbocycles. The van der Waals surface area contributed by atoms with Gasteiger partial charge in [0.1, 0.15) is 42.8 Å². The molecule has 2 aliphatic rings. The molecular weight excluding hydrogens is 444 g/mol. The third kappa shape index (κ3) is 4.47. The molecule has 2 fully saturated rings. The van der Waals surface area contributed by atoms with Crippen LogP contribution in [0.25, 0.3) is 5.52 Å². The lowest BCUT2D eigenvalue weighted by Gasteiger charge is -2.24.